The van der Waals surface area contributed by atoms with Crippen molar-refractivity contribution in [3.63, 3.8) is 0 Å². The first kappa shape index (κ1) is 13.1. The van der Waals surface area contributed by atoms with Gasteiger partial charge >= 0.3 is 0 Å². The minimum Gasteiger partial charge on any atom is -0.384 e. The summed E-state index contributed by atoms with van der Waals surface area (Å²) in [6.07, 6.45) is 2.04. The highest BCUT2D eigenvalue weighted by Crippen LogP contribution is 2.39. The molecule has 0 bridgehead atoms. The lowest BCUT2D eigenvalue weighted by atomic mass is 10.3. The average molecular weight is 297 g/mol. The van der Waals surface area contributed by atoms with Gasteiger partial charge in [-0.3, -0.25) is 0 Å². The van der Waals surface area contributed by atoms with Crippen LogP contribution in [0.4, 0.5) is 26.1 Å². The number of nitrogens with two attached hydrogens (primary N) is 1. The fourth-order valence-electron chi connectivity index (χ4n) is 1.86. The van der Waals surface area contributed by atoms with Crippen LogP contribution in [0.25, 0.3) is 0 Å². The van der Waals surface area contributed by atoms with Crippen molar-refractivity contribution in [3.8, 4) is 0 Å². The van der Waals surface area contributed by atoms with E-state index in [-0.39, 0.29) is 10.7 Å². The van der Waals surface area contributed by atoms with Crippen LogP contribution in [0.3, 0.4) is 0 Å². The van der Waals surface area contributed by atoms with E-state index in [4.69, 9.17) is 17.3 Å². The summed E-state index contributed by atoms with van der Waals surface area (Å²) in [5.74, 6) is 0.0488. The summed E-state index contributed by atoms with van der Waals surface area (Å²) in [5.41, 5.74) is 5.67. The Bertz CT molecular complexity index is 650. The van der Waals surface area contributed by atoms with Gasteiger partial charge in [-0.05, 0) is 18.9 Å². The summed E-state index contributed by atoms with van der Waals surface area (Å²) in [7, 11) is 0. The van der Waals surface area contributed by atoms with E-state index >= 15 is 0 Å². The van der Waals surface area contributed by atoms with Gasteiger partial charge in [-0.25, -0.2) is 18.7 Å². The number of nitrogens with one attached hydrogen (secondary N) is 1. The van der Waals surface area contributed by atoms with Gasteiger partial charge in [-0.1, -0.05) is 11.6 Å². The first-order valence-electron chi connectivity index (χ1n) is 6.09. The molecule has 0 unspecified atom stereocenters. The van der Waals surface area contributed by atoms with Gasteiger partial charge in [0.15, 0.2) is 5.82 Å². The van der Waals surface area contributed by atoms with Crippen LogP contribution in [0.15, 0.2) is 18.2 Å². The summed E-state index contributed by atoms with van der Waals surface area (Å²) in [6.45, 7) is 0. The molecule has 1 aromatic carbocycles. The predicted molar refractivity (Wildman–Crippen MR) is 73.1 cm³/mol. The average Bonchev–Trinajstić information content (AvgIpc) is 3.17. The zero-order chi connectivity index (χ0) is 14.3. The second-order valence-corrected chi connectivity index (χ2v) is 5.09. The first-order valence-corrected chi connectivity index (χ1v) is 6.47. The smallest absolute Gasteiger partial charge is 0.151 e. The quantitative estimate of drug-likeness (QED) is 0.908. The van der Waals surface area contributed by atoms with E-state index in [1.54, 1.807) is 0 Å². The summed E-state index contributed by atoms with van der Waals surface area (Å²) in [5, 5.41) is 2.66. The van der Waals surface area contributed by atoms with E-state index in [2.05, 4.69) is 15.3 Å². The molecular formula is C13H11ClF2N4. The third-order valence-corrected chi connectivity index (χ3v) is 3.26. The zero-order valence-corrected chi connectivity index (χ0v) is 11.1. The molecule has 1 heterocycles. The van der Waals surface area contributed by atoms with Gasteiger partial charge in [-0.15, -0.1) is 0 Å². The van der Waals surface area contributed by atoms with E-state index in [1.807, 2.05) is 0 Å². The van der Waals surface area contributed by atoms with Crippen LogP contribution in [-0.2, 0) is 0 Å². The molecule has 7 heteroatoms. The standard InChI is InChI=1S/C13H11ClF2N4/c14-8-3-7(15)4-9(16)12(8)19-11-5-10(17)18-13(20-11)6-1-2-6/h3-6H,1-2H2,(H3,17,18,19,20). The predicted octanol–water partition coefficient (Wildman–Crippen LogP) is 3.61. The number of benzene rings is 1. The lowest BCUT2D eigenvalue weighted by Gasteiger charge is -2.10. The van der Waals surface area contributed by atoms with Crippen LogP contribution in [0, 0.1) is 11.6 Å². The molecule has 1 fully saturated rings. The Morgan fingerprint density at radius 2 is 1.95 bits per heavy atom. The molecule has 1 aliphatic rings. The molecule has 3 N–H and O–H groups in total. The number of aromatic nitrogens is 2. The van der Waals surface area contributed by atoms with E-state index in [0.717, 1.165) is 25.0 Å². The first-order chi connectivity index (χ1) is 9.52. The molecule has 2 aromatic rings. The SMILES string of the molecule is Nc1cc(Nc2c(F)cc(F)cc2Cl)nc(C2CC2)n1. The Labute approximate surface area is 119 Å². The molecule has 20 heavy (non-hydrogen) atoms. The van der Waals surface area contributed by atoms with Gasteiger partial charge in [0.05, 0.1) is 10.7 Å². The monoisotopic (exact) mass is 296 g/mol. The lowest BCUT2D eigenvalue weighted by Crippen LogP contribution is -2.04. The highest BCUT2D eigenvalue weighted by Gasteiger charge is 2.27. The maximum atomic E-state index is 13.7. The van der Waals surface area contributed by atoms with Crippen molar-refractivity contribution < 1.29 is 8.78 Å². The van der Waals surface area contributed by atoms with E-state index in [1.165, 1.54) is 6.07 Å². The van der Waals surface area contributed by atoms with Crippen LogP contribution in [0.2, 0.25) is 5.02 Å². The molecule has 0 saturated heterocycles. The van der Waals surface area contributed by atoms with Gasteiger partial charge in [0, 0.05) is 18.1 Å². The van der Waals surface area contributed by atoms with Crippen LogP contribution >= 0.6 is 11.6 Å². The molecule has 4 nitrogen and oxygen atoms in total. The van der Waals surface area contributed by atoms with E-state index in [0.29, 0.717) is 23.4 Å². The molecule has 1 aliphatic carbocycles. The molecule has 0 aliphatic heterocycles. The number of halogens is 3. The Morgan fingerprint density at radius 3 is 2.60 bits per heavy atom. The minimum absolute atomic E-state index is 0.0343. The van der Waals surface area contributed by atoms with Crippen molar-refractivity contribution in [3.05, 3.63) is 40.7 Å². The normalized spacial score (nSPS) is 14.3. The number of nitrogens with zero attached hydrogens (tertiary/aromatic N) is 2. The van der Waals surface area contributed by atoms with Crippen molar-refractivity contribution >= 4 is 28.9 Å². The van der Waals surface area contributed by atoms with Crippen molar-refractivity contribution in [2.75, 3.05) is 11.1 Å². The van der Waals surface area contributed by atoms with Crippen LogP contribution in [-0.4, -0.2) is 9.97 Å². The second kappa shape index (κ2) is 4.86. The number of hydrogen-bond acceptors (Lipinski definition) is 4. The van der Waals surface area contributed by atoms with E-state index in [9.17, 15) is 8.78 Å². The van der Waals surface area contributed by atoms with Gasteiger partial charge in [-0.2, -0.15) is 0 Å². The Morgan fingerprint density at radius 1 is 1.20 bits per heavy atom. The van der Waals surface area contributed by atoms with Gasteiger partial charge in [0.1, 0.15) is 23.3 Å². The molecule has 0 atom stereocenters. The maximum Gasteiger partial charge on any atom is 0.151 e. The van der Waals surface area contributed by atoms with Crippen molar-refractivity contribution in [1.29, 1.82) is 0 Å². The van der Waals surface area contributed by atoms with Crippen molar-refractivity contribution in [2.45, 2.75) is 18.8 Å². The highest BCUT2D eigenvalue weighted by atomic mass is 35.5. The van der Waals surface area contributed by atoms with Crippen molar-refractivity contribution in [2.24, 2.45) is 0 Å². The number of rotatable bonds is 3. The van der Waals surface area contributed by atoms with Crippen LogP contribution in [0.1, 0.15) is 24.6 Å². The minimum atomic E-state index is -0.792. The molecular weight excluding hydrogens is 286 g/mol. The zero-order valence-electron chi connectivity index (χ0n) is 10.3. The Balaban J connectivity index is 1.95. The van der Waals surface area contributed by atoms with E-state index < -0.39 is 11.6 Å². The highest BCUT2D eigenvalue weighted by molar-refractivity contribution is 6.33. The molecule has 104 valence electrons. The Kier molecular flexibility index (Phi) is 3.17. The summed E-state index contributed by atoms with van der Waals surface area (Å²) >= 11 is 5.82. The van der Waals surface area contributed by atoms with Crippen LogP contribution < -0.4 is 11.1 Å². The Hall–Kier alpha value is -1.95. The van der Waals surface area contributed by atoms with Gasteiger partial charge < -0.3 is 11.1 Å². The molecule has 0 radical (unpaired) electrons. The third kappa shape index (κ3) is 2.65. The summed E-state index contributed by atoms with van der Waals surface area (Å²) in [6, 6.07) is 3.25. The number of hydrogen-bond donors (Lipinski definition) is 2. The topological polar surface area (TPSA) is 63.8 Å². The molecule has 0 spiro atoms. The fourth-order valence-corrected chi connectivity index (χ4v) is 2.10. The molecule has 0 amide bonds. The van der Waals surface area contributed by atoms with Gasteiger partial charge in [0.25, 0.3) is 0 Å². The van der Waals surface area contributed by atoms with Crippen molar-refractivity contribution in [1.82, 2.24) is 9.97 Å². The summed E-state index contributed by atoms with van der Waals surface area (Å²) in [4.78, 5) is 8.41. The fraction of sp³-hybridized carbons (Fsp3) is 0.231. The lowest BCUT2D eigenvalue weighted by molar-refractivity contribution is 0.586. The molecule has 1 saturated carbocycles. The number of anilines is 3. The summed E-state index contributed by atoms with van der Waals surface area (Å²) < 4.78 is 26.7. The number of nitrogen functional groups attached to an aromatic ring is 1. The molecule has 1 aromatic heterocycles. The third-order valence-electron chi connectivity index (χ3n) is 2.97. The van der Waals surface area contributed by atoms with Gasteiger partial charge in [0.2, 0.25) is 0 Å². The maximum absolute atomic E-state index is 13.7. The van der Waals surface area contributed by atoms with Crippen LogP contribution in [0.5, 0.6) is 0 Å². The molecule has 3 rings (SSSR count). The second-order valence-electron chi connectivity index (χ2n) is 4.68. The largest absolute Gasteiger partial charge is 0.384 e.